The Labute approximate surface area is 155 Å². The first-order valence-electron chi connectivity index (χ1n) is 8.78. The maximum absolute atomic E-state index is 5.69. The number of hydrogen-bond donors (Lipinski definition) is 4. The first-order valence-corrected chi connectivity index (χ1v) is 8.78. The summed E-state index contributed by atoms with van der Waals surface area (Å²) in [5.41, 5.74) is 5.17. The number of amidine groups is 1. The molecule has 1 saturated heterocycles. The van der Waals surface area contributed by atoms with Crippen molar-refractivity contribution in [2.24, 2.45) is 16.8 Å². The number of anilines is 3. The largest absolute Gasteiger partial charge is 0.344 e. The lowest BCUT2D eigenvalue weighted by Gasteiger charge is -2.23. The highest BCUT2D eigenvalue weighted by Crippen LogP contribution is 2.33. The van der Waals surface area contributed by atoms with Gasteiger partial charge in [-0.15, -0.1) is 0 Å². The second-order valence-electron chi connectivity index (χ2n) is 6.73. The Morgan fingerprint density at radius 3 is 3.00 bits per heavy atom. The van der Waals surface area contributed by atoms with E-state index < -0.39 is 0 Å². The Kier molecular flexibility index (Phi) is 5.34. The van der Waals surface area contributed by atoms with Gasteiger partial charge in [0.1, 0.15) is 5.82 Å². The molecule has 3 heterocycles. The van der Waals surface area contributed by atoms with E-state index in [1.54, 1.807) is 6.20 Å². The van der Waals surface area contributed by atoms with Crippen LogP contribution in [-0.4, -0.2) is 28.9 Å². The van der Waals surface area contributed by atoms with Crippen LogP contribution in [-0.2, 0) is 0 Å². The van der Waals surface area contributed by atoms with E-state index in [9.17, 15) is 0 Å². The maximum Gasteiger partial charge on any atom is 0.227 e. The van der Waals surface area contributed by atoms with Crippen molar-refractivity contribution < 1.29 is 1.43 Å². The van der Waals surface area contributed by atoms with Crippen molar-refractivity contribution >= 4 is 29.0 Å². The predicted octanol–water partition coefficient (Wildman–Crippen LogP) is 3.11. The lowest BCUT2D eigenvalue weighted by Crippen LogP contribution is -2.32. The monoisotopic (exact) mass is 356 g/mol. The normalized spacial score (nSPS) is 18.9. The van der Waals surface area contributed by atoms with Crippen LogP contribution in [0.15, 0.2) is 35.5 Å². The van der Waals surface area contributed by atoms with Crippen LogP contribution in [0.4, 0.5) is 23.1 Å². The third-order valence-corrected chi connectivity index (χ3v) is 4.75. The SMILES string of the molecule is CC1CCCCN(c2ncc3c(n2)Nc2ccccc2N=C3NN)C1.N.[HH]. The Balaban J connectivity index is 0.00000131. The standard InChI is InChI=1S/C18H23N7.H3N.H2/c1-12-6-4-5-9-25(11-12)18-20-10-13-16(23-18)21-14-7-2-3-8-15(14)22-17(13)24-19;;/h2-3,7-8,10,12H,4-6,9,11,19H2,1H3,(H,22,24)(H,20,21,23);1H3;1H. The Hall–Kier alpha value is -2.71. The highest BCUT2D eigenvalue weighted by atomic mass is 15.3. The quantitative estimate of drug-likeness (QED) is 0.457. The number of nitrogens with one attached hydrogen (secondary N) is 2. The van der Waals surface area contributed by atoms with E-state index in [4.69, 9.17) is 10.8 Å². The summed E-state index contributed by atoms with van der Waals surface area (Å²) in [7, 11) is 0. The zero-order valence-electron chi connectivity index (χ0n) is 15.1. The first kappa shape index (κ1) is 18.1. The summed E-state index contributed by atoms with van der Waals surface area (Å²) in [4.78, 5) is 16.3. The number of nitrogens with two attached hydrogens (primary N) is 1. The number of aliphatic imine (C=N–C) groups is 1. The van der Waals surface area contributed by atoms with Crippen molar-refractivity contribution in [3.05, 3.63) is 36.0 Å². The van der Waals surface area contributed by atoms with Gasteiger partial charge in [-0.3, -0.25) is 0 Å². The molecule has 26 heavy (non-hydrogen) atoms. The van der Waals surface area contributed by atoms with Crippen LogP contribution in [0, 0.1) is 5.92 Å². The molecule has 1 aromatic carbocycles. The van der Waals surface area contributed by atoms with Crippen molar-refractivity contribution in [2.45, 2.75) is 26.2 Å². The third-order valence-electron chi connectivity index (χ3n) is 4.75. The third kappa shape index (κ3) is 3.47. The minimum absolute atomic E-state index is 0. The summed E-state index contributed by atoms with van der Waals surface area (Å²) in [5, 5.41) is 3.39. The highest BCUT2D eigenvalue weighted by Gasteiger charge is 2.22. The molecule has 2 aliphatic heterocycles. The highest BCUT2D eigenvalue weighted by molar-refractivity contribution is 6.06. The van der Waals surface area contributed by atoms with Gasteiger partial charge in [-0.05, 0) is 30.9 Å². The number of rotatable bonds is 1. The lowest BCUT2D eigenvalue weighted by atomic mass is 10.1. The molecule has 1 aromatic heterocycles. The molecule has 1 unspecified atom stereocenters. The molecule has 4 rings (SSSR count). The van der Waals surface area contributed by atoms with Crippen molar-refractivity contribution in [3.63, 3.8) is 0 Å². The van der Waals surface area contributed by atoms with Gasteiger partial charge in [0.2, 0.25) is 5.95 Å². The average molecular weight is 356 g/mol. The molecule has 8 heteroatoms. The Morgan fingerprint density at radius 1 is 1.31 bits per heavy atom. The summed E-state index contributed by atoms with van der Waals surface area (Å²) >= 11 is 0. The molecule has 0 radical (unpaired) electrons. The van der Waals surface area contributed by atoms with Crippen molar-refractivity contribution in [1.29, 1.82) is 0 Å². The Morgan fingerprint density at radius 2 is 2.15 bits per heavy atom. The minimum Gasteiger partial charge on any atom is -0.344 e. The molecular formula is C18H28N8. The number of aromatic nitrogens is 2. The van der Waals surface area contributed by atoms with Crippen LogP contribution in [0.1, 0.15) is 33.2 Å². The Bertz CT molecular complexity index is 810. The fourth-order valence-corrected chi connectivity index (χ4v) is 3.42. The molecule has 1 fully saturated rings. The predicted molar refractivity (Wildman–Crippen MR) is 108 cm³/mol. The van der Waals surface area contributed by atoms with Gasteiger partial charge >= 0.3 is 0 Å². The molecular weight excluding hydrogens is 328 g/mol. The van der Waals surface area contributed by atoms with Crippen LogP contribution in [0.3, 0.4) is 0 Å². The lowest BCUT2D eigenvalue weighted by molar-refractivity contribution is 0.542. The van der Waals surface area contributed by atoms with Crippen LogP contribution in [0.25, 0.3) is 0 Å². The van der Waals surface area contributed by atoms with Gasteiger partial charge in [0.25, 0.3) is 0 Å². The fourth-order valence-electron chi connectivity index (χ4n) is 3.42. The molecule has 140 valence electrons. The summed E-state index contributed by atoms with van der Waals surface area (Å²) in [6.45, 7) is 4.28. The summed E-state index contributed by atoms with van der Waals surface area (Å²) in [6, 6.07) is 7.85. The van der Waals surface area contributed by atoms with E-state index in [0.29, 0.717) is 11.8 Å². The molecule has 0 bridgehead atoms. The zero-order chi connectivity index (χ0) is 17.2. The number of benzene rings is 1. The van der Waals surface area contributed by atoms with E-state index in [1.807, 2.05) is 24.3 Å². The van der Waals surface area contributed by atoms with Crippen molar-refractivity contribution in [1.82, 2.24) is 21.5 Å². The van der Waals surface area contributed by atoms with Crippen LogP contribution < -0.4 is 27.6 Å². The first-order chi connectivity index (χ1) is 12.2. The van der Waals surface area contributed by atoms with Crippen LogP contribution in [0.5, 0.6) is 0 Å². The number of para-hydroxylation sites is 2. The molecule has 0 spiro atoms. The number of nitrogens with zero attached hydrogens (tertiary/aromatic N) is 4. The summed E-state index contributed by atoms with van der Waals surface area (Å²) in [6.07, 6.45) is 5.51. The minimum atomic E-state index is 0. The molecule has 0 aliphatic carbocycles. The van der Waals surface area contributed by atoms with Crippen LogP contribution in [0.2, 0.25) is 0 Å². The van der Waals surface area contributed by atoms with E-state index in [-0.39, 0.29) is 7.58 Å². The number of fused-ring (bicyclic) bond motifs is 2. The zero-order valence-corrected chi connectivity index (χ0v) is 15.1. The molecule has 1 atom stereocenters. The maximum atomic E-state index is 5.69. The van der Waals surface area contributed by atoms with Gasteiger partial charge < -0.3 is 21.8 Å². The van der Waals surface area contributed by atoms with E-state index in [1.165, 1.54) is 19.3 Å². The van der Waals surface area contributed by atoms with E-state index in [2.05, 4.69) is 32.5 Å². The molecule has 0 saturated carbocycles. The topological polar surface area (TPSA) is 126 Å². The molecule has 2 aromatic rings. The molecule has 8 nitrogen and oxygen atoms in total. The average Bonchev–Trinajstić information content (AvgIpc) is 2.94. The van der Waals surface area contributed by atoms with Gasteiger partial charge in [0.05, 0.1) is 16.9 Å². The fraction of sp³-hybridized carbons (Fsp3) is 0.389. The summed E-state index contributed by atoms with van der Waals surface area (Å²) in [5.74, 6) is 8.39. The van der Waals surface area contributed by atoms with Gasteiger partial charge in [0, 0.05) is 20.7 Å². The number of hydrogen-bond acceptors (Lipinski definition) is 8. The van der Waals surface area contributed by atoms with Gasteiger partial charge in [0.15, 0.2) is 5.84 Å². The van der Waals surface area contributed by atoms with Gasteiger partial charge in [-0.2, -0.15) is 4.98 Å². The van der Waals surface area contributed by atoms with Gasteiger partial charge in [-0.1, -0.05) is 25.5 Å². The molecule has 0 amide bonds. The van der Waals surface area contributed by atoms with Crippen molar-refractivity contribution in [2.75, 3.05) is 23.3 Å². The molecule has 7 N–H and O–H groups in total. The molecule has 2 aliphatic rings. The van der Waals surface area contributed by atoms with Gasteiger partial charge in [-0.25, -0.2) is 15.8 Å². The van der Waals surface area contributed by atoms with Crippen molar-refractivity contribution in [3.8, 4) is 0 Å². The van der Waals surface area contributed by atoms with Crippen LogP contribution >= 0.6 is 0 Å². The van der Waals surface area contributed by atoms with E-state index >= 15 is 0 Å². The summed E-state index contributed by atoms with van der Waals surface area (Å²) < 4.78 is 0. The number of hydrazine groups is 1. The van der Waals surface area contributed by atoms with E-state index in [0.717, 1.165) is 41.8 Å². The second-order valence-corrected chi connectivity index (χ2v) is 6.73. The smallest absolute Gasteiger partial charge is 0.227 e. The second kappa shape index (κ2) is 7.67.